The zero-order chi connectivity index (χ0) is 37.0. The van der Waals surface area contributed by atoms with E-state index in [4.69, 9.17) is 9.47 Å². The minimum Gasteiger partial charge on any atom is -0.453 e. The van der Waals surface area contributed by atoms with Gasteiger partial charge < -0.3 is 19.3 Å². The Morgan fingerprint density at radius 3 is 1.05 bits per heavy atom. The molecule has 0 spiro atoms. The van der Waals surface area contributed by atoms with Gasteiger partial charge in [0.15, 0.2) is 23.0 Å². The lowest BCUT2D eigenvalue weighted by molar-refractivity contribution is 0.477. The molecule has 2 aromatic heterocycles. The highest BCUT2D eigenvalue weighted by Crippen LogP contribution is 2.51. The molecule has 9 aromatic rings. The fourth-order valence-electron chi connectivity index (χ4n) is 7.36. The maximum absolute atomic E-state index is 6.19. The molecular weight excluding hydrogens is 697 g/mol. The van der Waals surface area contributed by atoms with E-state index in [1.54, 1.807) is 9.36 Å². The number of anilines is 6. The number of nitrogens with zero attached hydrogens (tertiary/aromatic N) is 8. The number of hydrogen-bond donors (Lipinski definition) is 0. The third-order valence-corrected chi connectivity index (χ3v) is 10.1. The van der Waals surface area contributed by atoms with Crippen molar-refractivity contribution in [1.29, 1.82) is 0 Å². The molecule has 0 bridgehead atoms. The number of hydrogen-bond acceptors (Lipinski definition) is 8. The van der Waals surface area contributed by atoms with Crippen LogP contribution >= 0.6 is 0 Å². The number of para-hydroxylation sites is 8. The number of ether oxygens (including phenoxy) is 2. The van der Waals surface area contributed by atoms with Gasteiger partial charge in [0, 0.05) is 22.5 Å². The minimum atomic E-state index is 0.751. The molecule has 0 saturated heterocycles. The van der Waals surface area contributed by atoms with Crippen LogP contribution in [0.3, 0.4) is 0 Å². The van der Waals surface area contributed by atoms with Gasteiger partial charge in [-0.15, -0.1) is 10.2 Å². The summed E-state index contributed by atoms with van der Waals surface area (Å²) in [5.41, 5.74) is 11.1. The smallest absolute Gasteiger partial charge is 0.151 e. The van der Waals surface area contributed by atoms with Gasteiger partial charge in [-0.1, -0.05) is 77.2 Å². The summed E-state index contributed by atoms with van der Waals surface area (Å²) in [5, 5.41) is 18.0. The van der Waals surface area contributed by atoms with E-state index in [9.17, 15) is 0 Å². The van der Waals surface area contributed by atoms with Crippen molar-refractivity contribution in [3.63, 3.8) is 0 Å². The van der Waals surface area contributed by atoms with Crippen LogP contribution in [-0.4, -0.2) is 30.0 Å². The van der Waals surface area contributed by atoms with Crippen LogP contribution in [0.2, 0.25) is 0 Å². The van der Waals surface area contributed by atoms with Crippen molar-refractivity contribution in [2.24, 2.45) is 0 Å². The monoisotopic (exact) mass is 726 g/mol. The Balaban J connectivity index is 0.832. The summed E-state index contributed by atoms with van der Waals surface area (Å²) >= 11 is 0. The Hall–Kier alpha value is -7.98. The molecule has 2 aliphatic rings. The first-order chi connectivity index (χ1) is 27.7. The van der Waals surface area contributed by atoms with Gasteiger partial charge in [0.2, 0.25) is 0 Å². The highest BCUT2D eigenvalue weighted by Gasteiger charge is 2.26. The molecule has 11 rings (SSSR count). The summed E-state index contributed by atoms with van der Waals surface area (Å²) in [4.78, 5) is 4.43. The van der Waals surface area contributed by atoms with Crippen molar-refractivity contribution in [2.75, 3.05) is 9.80 Å². The Morgan fingerprint density at radius 1 is 0.339 bits per heavy atom. The zero-order valence-corrected chi connectivity index (χ0v) is 29.7. The Labute approximate surface area is 321 Å². The van der Waals surface area contributed by atoms with Crippen LogP contribution in [0, 0.1) is 0 Å². The van der Waals surface area contributed by atoms with Crippen LogP contribution in [0.5, 0.6) is 23.0 Å². The number of rotatable bonds is 6. The Kier molecular flexibility index (Phi) is 7.24. The number of aromatic nitrogens is 6. The lowest BCUT2D eigenvalue weighted by Gasteiger charge is -2.32. The van der Waals surface area contributed by atoms with Gasteiger partial charge in [-0.25, -0.2) is 9.36 Å². The number of benzene rings is 7. The van der Waals surface area contributed by atoms with Gasteiger partial charge in [-0.3, -0.25) is 0 Å². The van der Waals surface area contributed by atoms with E-state index in [2.05, 4.69) is 109 Å². The van der Waals surface area contributed by atoms with Gasteiger partial charge in [-0.2, -0.15) is 0 Å². The van der Waals surface area contributed by atoms with Gasteiger partial charge in [0.05, 0.1) is 46.5 Å². The maximum atomic E-state index is 6.19. The van der Waals surface area contributed by atoms with E-state index in [0.29, 0.717) is 0 Å². The van der Waals surface area contributed by atoms with E-state index in [1.165, 1.54) is 0 Å². The maximum Gasteiger partial charge on any atom is 0.151 e. The van der Waals surface area contributed by atoms with Crippen molar-refractivity contribution < 1.29 is 9.47 Å². The predicted molar refractivity (Wildman–Crippen MR) is 217 cm³/mol. The third-order valence-electron chi connectivity index (χ3n) is 10.1. The standard InChI is InChI=1S/C46H30N8O2/c1-5-16-43-39(12-1)53(40-13-2-6-17-44(40)55-43)35-24-20-33(21-25-35)51-29-37(47-49-51)31-10-9-11-32(28-31)38-30-52(50-48-38)34-22-26-36(27-23-34)54-41-14-3-7-18-45(41)56-46-19-8-4-15-42(46)54/h1-30H. The average molecular weight is 727 g/mol. The molecule has 0 unspecified atom stereocenters. The molecule has 0 atom stereocenters. The van der Waals surface area contributed by atoms with Crippen LogP contribution in [0.4, 0.5) is 34.1 Å². The Morgan fingerprint density at radius 2 is 0.679 bits per heavy atom. The van der Waals surface area contributed by atoms with Crippen molar-refractivity contribution in [2.45, 2.75) is 0 Å². The van der Waals surface area contributed by atoms with E-state index in [1.807, 2.05) is 103 Å². The summed E-state index contributed by atoms with van der Waals surface area (Å²) in [6.07, 6.45) is 3.88. The van der Waals surface area contributed by atoms with Crippen LogP contribution in [0.1, 0.15) is 0 Å². The number of fused-ring (bicyclic) bond motifs is 4. The van der Waals surface area contributed by atoms with E-state index in [-0.39, 0.29) is 0 Å². The molecular formula is C46H30N8O2. The fraction of sp³-hybridized carbons (Fsp3) is 0. The summed E-state index contributed by atoms with van der Waals surface area (Å²) in [5.74, 6) is 3.27. The molecule has 0 radical (unpaired) electrons. The minimum absolute atomic E-state index is 0.751. The zero-order valence-electron chi connectivity index (χ0n) is 29.7. The molecule has 10 nitrogen and oxygen atoms in total. The van der Waals surface area contributed by atoms with Crippen molar-refractivity contribution in [1.82, 2.24) is 30.0 Å². The molecule has 0 saturated carbocycles. The lowest BCUT2D eigenvalue weighted by Crippen LogP contribution is -2.15. The summed E-state index contributed by atoms with van der Waals surface area (Å²) in [6, 6.07) is 57.0. The van der Waals surface area contributed by atoms with Crippen LogP contribution in [0.15, 0.2) is 182 Å². The quantitative estimate of drug-likeness (QED) is 0.167. The van der Waals surface area contributed by atoms with Gasteiger partial charge >= 0.3 is 0 Å². The van der Waals surface area contributed by atoms with Crippen LogP contribution in [0.25, 0.3) is 33.9 Å². The molecule has 0 fully saturated rings. The topological polar surface area (TPSA) is 86.4 Å². The normalized spacial score (nSPS) is 12.5. The second kappa shape index (κ2) is 12.9. The van der Waals surface area contributed by atoms with E-state index in [0.717, 1.165) is 91.0 Å². The molecule has 266 valence electrons. The first-order valence-electron chi connectivity index (χ1n) is 18.2. The molecule has 2 aliphatic heterocycles. The molecule has 0 N–H and O–H groups in total. The first kappa shape index (κ1) is 31.5. The van der Waals surface area contributed by atoms with Crippen LogP contribution < -0.4 is 19.3 Å². The summed E-state index contributed by atoms with van der Waals surface area (Å²) in [7, 11) is 0. The van der Waals surface area contributed by atoms with E-state index >= 15 is 0 Å². The van der Waals surface area contributed by atoms with E-state index < -0.39 is 0 Å². The average Bonchev–Trinajstić information content (AvgIpc) is 3.97. The van der Waals surface area contributed by atoms with Gasteiger partial charge in [0.25, 0.3) is 0 Å². The molecule has 7 aromatic carbocycles. The van der Waals surface area contributed by atoms with Crippen molar-refractivity contribution in [3.05, 3.63) is 182 Å². The molecule has 0 amide bonds. The molecule has 56 heavy (non-hydrogen) atoms. The van der Waals surface area contributed by atoms with Gasteiger partial charge in [-0.05, 0) is 103 Å². The second-order valence-corrected chi connectivity index (χ2v) is 13.5. The van der Waals surface area contributed by atoms with Crippen LogP contribution in [-0.2, 0) is 0 Å². The van der Waals surface area contributed by atoms with Crippen molar-refractivity contribution in [3.8, 4) is 56.9 Å². The highest BCUT2D eigenvalue weighted by atomic mass is 16.5. The predicted octanol–water partition coefficient (Wildman–Crippen LogP) is 11.3. The summed E-state index contributed by atoms with van der Waals surface area (Å²) < 4.78 is 16.0. The highest BCUT2D eigenvalue weighted by molar-refractivity contribution is 5.87. The molecule has 4 heterocycles. The second-order valence-electron chi connectivity index (χ2n) is 13.5. The molecule has 0 aliphatic carbocycles. The lowest BCUT2D eigenvalue weighted by atomic mass is 10.1. The largest absolute Gasteiger partial charge is 0.453 e. The molecule has 10 heteroatoms. The first-order valence-corrected chi connectivity index (χ1v) is 18.2. The SMILES string of the molecule is c1cc(-c2cn(-c3ccc(N4c5ccccc5Oc5ccccc54)cc3)nn2)cc(-c2cn(-c3ccc(N4c5ccccc5Oc5ccccc54)cc3)nn2)c1. The third kappa shape index (κ3) is 5.35. The fourth-order valence-corrected chi connectivity index (χ4v) is 7.36. The van der Waals surface area contributed by atoms with Crippen molar-refractivity contribution >= 4 is 34.1 Å². The summed E-state index contributed by atoms with van der Waals surface area (Å²) in [6.45, 7) is 0. The van der Waals surface area contributed by atoms with Gasteiger partial charge in [0.1, 0.15) is 11.4 Å². The Bertz CT molecular complexity index is 2620.